The molecule has 0 spiro atoms. The zero-order valence-corrected chi connectivity index (χ0v) is 12.9. The summed E-state index contributed by atoms with van der Waals surface area (Å²) in [6.45, 7) is 9.62. The summed E-state index contributed by atoms with van der Waals surface area (Å²) < 4.78 is 2.13. The molecule has 0 amide bonds. The van der Waals surface area contributed by atoms with E-state index >= 15 is 0 Å². The number of rotatable bonds is 6. The lowest BCUT2D eigenvalue weighted by Gasteiger charge is -2.27. The van der Waals surface area contributed by atoms with Crippen LogP contribution in [-0.4, -0.2) is 16.3 Å². The van der Waals surface area contributed by atoms with Crippen LogP contribution in [0.4, 0.5) is 0 Å². The van der Waals surface area contributed by atoms with Crippen molar-refractivity contribution in [2.45, 2.75) is 46.2 Å². The van der Waals surface area contributed by atoms with E-state index in [1.807, 2.05) is 6.92 Å². The lowest BCUT2D eigenvalue weighted by Crippen LogP contribution is -2.30. The van der Waals surface area contributed by atoms with Gasteiger partial charge in [-0.25, -0.2) is 0 Å². The van der Waals surface area contributed by atoms with Crippen molar-refractivity contribution in [3.05, 3.63) is 53.3 Å². The third kappa shape index (κ3) is 3.28. The number of hydrogen-bond acceptors (Lipinski definition) is 2. The lowest BCUT2D eigenvalue weighted by molar-refractivity contribution is 0.348. The van der Waals surface area contributed by atoms with Crippen molar-refractivity contribution in [3.8, 4) is 0 Å². The van der Waals surface area contributed by atoms with Gasteiger partial charge in [0.05, 0.1) is 17.8 Å². The molecule has 2 atom stereocenters. The summed E-state index contributed by atoms with van der Waals surface area (Å²) in [6, 6.07) is 13.4. The van der Waals surface area contributed by atoms with E-state index in [4.69, 9.17) is 0 Å². The van der Waals surface area contributed by atoms with Gasteiger partial charge in [-0.05, 0) is 45.4 Å². The van der Waals surface area contributed by atoms with Crippen molar-refractivity contribution >= 4 is 0 Å². The molecule has 2 rings (SSSR count). The molecule has 2 unspecified atom stereocenters. The molecule has 1 aromatic carbocycles. The highest BCUT2D eigenvalue weighted by Crippen LogP contribution is 2.27. The minimum Gasteiger partial charge on any atom is -0.308 e. The van der Waals surface area contributed by atoms with Crippen LogP contribution < -0.4 is 5.32 Å². The minimum atomic E-state index is 0.286. The number of nitrogens with zero attached hydrogens (tertiary/aromatic N) is 2. The average molecular weight is 271 g/mol. The summed E-state index contributed by atoms with van der Waals surface area (Å²) in [5, 5.41) is 8.30. The van der Waals surface area contributed by atoms with E-state index in [0.29, 0.717) is 0 Å². The van der Waals surface area contributed by atoms with Crippen LogP contribution in [-0.2, 0) is 0 Å². The molecular formula is C17H25N3. The van der Waals surface area contributed by atoms with Crippen LogP contribution in [0.15, 0.2) is 36.4 Å². The van der Waals surface area contributed by atoms with Gasteiger partial charge in [-0.1, -0.05) is 37.3 Å². The molecule has 2 aromatic rings. The van der Waals surface area contributed by atoms with Crippen LogP contribution >= 0.6 is 0 Å². The molecule has 20 heavy (non-hydrogen) atoms. The SMILES string of the molecule is CCCNC(c1ccccc1)C(C)n1nc(C)cc1C. The number of aromatic nitrogens is 2. The van der Waals surface area contributed by atoms with Crippen molar-refractivity contribution < 1.29 is 0 Å². The molecule has 3 heteroatoms. The molecule has 0 saturated heterocycles. The number of nitrogens with one attached hydrogen (secondary N) is 1. The van der Waals surface area contributed by atoms with E-state index in [9.17, 15) is 0 Å². The fourth-order valence-corrected chi connectivity index (χ4v) is 2.73. The molecule has 1 heterocycles. The van der Waals surface area contributed by atoms with Gasteiger partial charge >= 0.3 is 0 Å². The van der Waals surface area contributed by atoms with Gasteiger partial charge in [0.1, 0.15) is 0 Å². The van der Waals surface area contributed by atoms with Crippen molar-refractivity contribution in [2.75, 3.05) is 6.54 Å². The van der Waals surface area contributed by atoms with Crippen molar-refractivity contribution in [1.29, 1.82) is 0 Å². The van der Waals surface area contributed by atoms with Crippen LogP contribution in [0, 0.1) is 13.8 Å². The first kappa shape index (κ1) is 14.8. The Morgan fingerprint density at radius 3 is 2.45 bits per heavy atom. The molecule has 3 nitrogen and oxygen atoms in total. The monoisotopic (exact) mass is 271 g/mol. The van der Waals surface area contributed by atoms with Crippen LogP contribution in [0.25, 0.3) is 0 Å². The Hall–Kier alpha value is -1.61. The molecular weight excluding hydrogens is 246 g/mol. The average Bonchev–Trinajstić information content (AvgIpc) is 2.79. The summed E-state index contributed by atoms with van der Waals surface area (Å²) in [5.41, 5.74) is 3.62. The Morgan fingerprint density at radius 1 is 1.20 bits per heavy atom. The maximum atomic E-state index is 4.64. The topological polar surface area (TPSA) is 29.9 Å². The van der Waals surface area contributed by atoms with Crippen molar-refractivity contribution in [2.24, 2.45) is 0 Å². The van der Waals surface area contributed by atoms with Crippen LogP contribution in [0.3, 0.4) is 0 Å². The highest BCUT2D eigenvalue weighted by atomic mass is 15.3. The van der Waals surface area contributed by atoms with E-state index in [1.54, 1.807) is 0 Å². The largest absolute Gasteiger partial charge is 0.308 e. The summed E-state index contributed by atoms with van der Waals surface area (Å²) >= 11 is 0. The summed E-state index contributed by atoms with van der Waals surface area (Å²) in [7, 11) is 0. The Balaban J connectivity index is 2.28. The van der Waals surface area contributed by atoms with E-state index in [2.05, 4.69) is 72.3 Å². The molecule has 0 bridgehead atoms. The van der Waals surface area contributed by atoms with Gasteiger partial charge in [0.15, 0.2) is 0 Å². The van der Waals surface area contributed by atoms with Crippen LogP contribution in [0.5, 0.6) is 0 Å². The minimum absolute atomic E-state index is 0.286. The third-order valence-corrected chi connectivity index (χ3v) is 3.69. The van der Waals surface area contributed by atoms with Gasteiger partial charge in [-0.15, -0.1) is 0 Å². The predicted molar refractivity (Wildman–Crippen MR) is 83.9 cm³/mol. The first-order valence-corrected chi connectivity index (χ1v) is 7.44. The zero-order chi connectivity index (χ0) is 14.5. The van der Waals surface area contributed by atoms with Gasteiger partial charge in [-0.3, -0.25) is 4.68 Å². The molecule has 0 saturated carbocycles. The zero-order valence-electron chi connectivity index (χ0n) is 12.9. The van der Waals surface area contributed by atoms with Gasteiger partial charge in [-0.2, -0.15) is 5.10 Å². The number of hydrogen-bond donors (Lipinski definition) is 1. The maximum Gasteiger partial charge on any atom is 0.0688 e. The first-order chi connectivity index (χ1) is 9.63. The lowest BCUT2D eigenvalue weighted by atomic mass is 10.00. The summed E-state index contributed by atoms with van der Waals surface area (Å²) in [6.07, 6.45) is 1.13. The molecule has 0 aliphatic carbocycles. The third-order valence-electron chi connectivity index (χ3n) is 3.69. The summed E-state index contributed by atoms with van der Waals surface area (Å²) in [4.78, 5) is 0. The summed E-state index contributed by atoms with van der Waals surface area (Å²) in [5.74, 6) is 0. The second kappa shape index (κ2) is 6.71. The standard InChI is InChI=1S/C17H25N3/c1-5-11-18-17(16-9-7-6-8-10-16)15(4)20-14(3)12-13(2)19-20/h6-10,12,15,17-18H,5,11H2,1-4H3. The van der Waals surface area contributed by atoms with E-state index in [-0.39, 0.29) is 12.1 Å². The van der Waals surface area contributed by atoms with Gasteiger partial charge in [0.25, 0.3) is 0 Å². The smallest absolute Gasteiger partial charge is 0.0688 e. The van der Waals surface area contributed by atoms with E-state index < -0.39 is 0 Å². The fourth-order valence-electron chi connectivity index (χ4n) is 2.73. The quantitative estimate of drug-likeness (QED) is 0.866. The Kier molecular flexibility index (Phi) is 4.96. The number of aryl methyl sites for hydroxylation is 2. The molecule has 1 aromatic heterocycles. The molecule has 0 aliphatic heterocycles. The molecule has 0 aliphatic rings. The molecule has 108 valence electrons. The van der Waals surface area contributed by atoms with Crippen molar-refractivity contribution in [1.82, 2.24) is 15.1 Å². The van der Waals surface area contributed by atoms with Crippen LogP contribution in [0.2, 0.25) is 0 Å². The first-order valence-electron chi connectivity index (χ1n) is 7.44. The molecule has 1 N–H and O–H groups in total. The van der Waals surface area contributed by atoms with E-state index in [1.165, 1.54) is 11.3 Å². The van der Waals surface area contributed by atoms with E-state index in [0.717, 1.165) is 18.7 Å². The maximum absolute atomic E-state index is 4.64. The van der Waals surface area contributed by atoms with Crippen LogP contribution in [0.1, 0.15) is 49.3 Å². The Labute approximate surface area is 122 Å². The molecule has 0 fully saturated rings. The van der Waals surface area contributed by atoms with Gasteiger partial charge < -0.3 is 5.32 Å². The highest BCUT2D eigenvalue weighted by molar-refractivity contribution is 5.21. The highest BCUT2D eigenvalue weighted by Gasteiger charge is 2.21. The predicted octanol–water partition coefficient (Wildman–Crippen LogP) is 3.80. The Morgan fingerprint density at radius 2 is 1.90 bits per heavy atom. The molecule has 0 radical (unpaired) electrons. The normalized spacial score (nSPS) is 14.2. The second-order valence-corrected chi connectivity index (χ2v) is 5.45. The van der Waals surface area contributed by atoms with Crippen molar-refractivity contribution in [3.63, 3.8) is 0 Å². The Bertz CT molecular complexity index is 530. The van der Waals surface area contributed by atoms with Gasteiger partial charge in [0, 0.05) is 5.69 Å². The number of benzene rings is 1. The second-order valence-electron chi connectivity index (χ2n) is 5.45. The van der Waals surface area contributed by atoms with Gasteiger partial charge in [0.2, 0.25) is 0 Å². The fraction of sp³-hybridized carbons (Fsp3) is 0.471.